The number of hydrogen-bond donors (Lipinski definition) is 0. The lowest BCUT2D eigenvalue weighted by atomic mass is 10.2. The van der Waals surface area contributed by atoms with Gasteiger partial charge in [-0.3, -0.25) is 0 Å². The molecule has 110 valence electrons. The summed E-state index contributed by atoms with van der Waals surface area (Å²) in [6, 6.07) is 6.88. The van der Waals surface area contributed by atoms with Crippen LogP contribution < -0.4 is 0 Å². The number of rotatable bonds is 4. The van der Waals surface area contributed by atoms with Gasteiger partial charge in [-0.15, -0.1) is 0 Å². The third kappa shape index (κ3) is 1.69. The smallest absolute Gasteiger partial charge is 0.189 e. The Kier molecular flexibility index (Phi) is 3.17. The van der Waals surface area contributed by atoms with Crippen LogP contribution in [0.2, 0.25) is 0 Å². The van der Waals surface area contributed by atoms with Crippen molar-refractivity contribution in [2.45, 2.75) is 41.5 Å². The molecule has 0 N–H and O–H groups in total. The van der Waals surface area contributed by atoms with Gasteiger partial charge in [-0.2, -0.15) is 0 Å². The summed E-state index contributed by atoms with van der Waals surface area (Å²) in [5.41, 5.74) is 1.02. The Morgan fingerprint density at radius 1 is 1.20 bits per heavy atom. The van der Waals surface area contributed by atoms with E-state index in [9.17, 15) is 8.42 Å². The fourth-order valence-electron chi connectivity index (χ4n) is 3.02. The first-order valence-electron chi connectivity index (χ1n) is 6.49. The van der Waals surface area contributed by atoms with Crippen LogP contribution >= 0.6 is 0 Å². The van der Waals surface area contributed by atoms with E-state index in [0.717, 1.165) is 5.56 Å². The van der Waals surface area contributed by atoms with Crippen LogP contribution in [0.5, 0.6) is 0 Å². The zero-order chi connectivity index (χ0) is 14.5. The van der Waals surface area contributed by atoms with Crippen molar-refractivity contribution >= 4 is 9.84 Å². The van der Waals surface area contributed by atoms with Crippen molar-refractivity contribution in [3.8, 4) is 0 Å². The number of fused-ring (bicyclic) bond motifs is 1. The summed E-state index contributed by atoms with van der Waals surface area (Å²) in [6.45, 7) is 1.92. The molecule has 2 aliphatic rings. The van der Waals surface area contributed by atoms with Crippen molar-refractivity contribution in [2.24, 2.45) is 0 Å². The summed E-state index contributed by atoms with van der Waals surface area (Å²) in [5, 5.41) is 0. The van der Waals surface area contributed by atoms with E-state index in [1.54, 1.807) is 24.3 Å². The predicted molar refractivity (Wildman–Crippen MR) is 72.2 cm³/mol. The molecule has 1 aromatic rings. The van der Waals surface area contributed by atoms with E-state index in [2.05, 4.69) is 0 Å². The van der Waals surface area contributed by atoms with Gasteiger partial charge in [-0.05, 0) is 19.1 Å². The number of hydrogen-bond acceptors (Lipinski definition) is 5. The van der Waals surface area contributed by atoms with Gasteiger partial charge in [-0.1, -0.05) is 17.7 Å². The second kappa shape index (κ2) is 4.53. The molecule has 1 saturated carbocycles. The number of methoxy groups -OCH3 is 2. The Hall–Kier alpha value is -0.950. The highest BCUT2D eigenvalue weighted by molar-refractivity contribution is 7.93. The molecule has 1 aliphatic heterocycles. The molecule has 1 aliphatic carbocycles. The van der Waals surface area contributed by atoms with Gasteiger partial charge in [0.25, 0.3) is 0 Å². The summed E-state index contributed by atoms with van der Waals surface area (Å²) in [6.07, 6.45) is -1.10. The van der Waals surface area contributed by atoms with Crippen LogP contribution in [0, 0.1) is 6.92 Å². The predicted octanol–water partition coefficient (Wildman–Crippen LogP) is 1.30. The van der Waals surface area contributed by atoms with Crippen LogP contribution in [0.25, 0.3) is 0 Å². The van der Waals surface area contributed by atoms with Gasteiger partial charge in [0.15, 0.2) is 16.1 Å². The maximum Gasteiger partial charge on any atom is 0.189 e. The minimum absolute atomic E-state index is 0.313. The molecular formula is C14H18O5S. The molecule has 2 fully saturated rings. The van der Waals surface area contributed by atoms with Gasteiger partial charge in [0.2, 0.25) is 0 Å². The van der Waals surface area contributed by atoms with E-state index in [0.29, 0.717) is 11.3 Å². The standard InChI is InChI=1S/C14H18O5S/c1-9-4-6-10(7-5-9)20(15,16)14-8-11(14)19-13(18-3)12(14)17-2/h4-7,11-13H,8H2,1-3H3/t11-,12+,13-,14-/m1/s1. The maximum atomic E-state index is 12.9. The van der Waals surface area contributed by atoms with Crippen LogP contribution in [0.3, 0.4) is 0 Å². The lowest BCUT2D eigenvalue weighted by Gasteiger charge is -2.25. The monoisotopic (exact) mass is 298 g/mol. The van der Waals surface area contributed by atoms with Gasteiger partial charge in [0.05, 0.1) is 11.0 Å². The Labute approximate surface area is 118 Å². The van der Waals surface area contributed by atoms with E-state index in [1.807, 2.05) is 6.92 Å². The zero-order valence-corrected chi connectivity index (χ0v) is 12.5. The molecule has 0 spiro atoms. The van der Waals surface area contributed by atoms with Gasteiger partial charge < -0.3 is 14.2 Å². The first-order valence-corrected chi connectivity index (χ1v) is 7.98. The Morgan fingerprint density at radius 2 is 1.85 bits per heavy atom. The SMILES string of the molecule is CO[C@@H]1O[C@@H]2C[C@]2(S(=O)(=O)c2ccc(C)cc2)[C@H]1OC. The molecule has 0 bridgehead atoms. The molecule has 0 unspecified atom stereocenters. The van der Waals surface area contributed by atoms with Crippen molar-refractivity contribution in [3.63, 3.8) is 0 Å². The largest absolute Gasteiger partial charge is 0.374 e. The maximum absolute atomic E-state index is 12.9. The van der Waals surface area contributed by atoms with Gasteiger partial charge in [-0.25, -0.2) is 8.42 Å². The molecule has 0 amide bonds. The van der Waals surface area contributed by atoms with Gasteiger partial charge in [0, 0.05) is 20.6 Å². The highest BCUT2D eigenvalue weighted by atomic mass is 32.2. The number of ether oxygens (including phenoxy) is 3. The molecule has 0 radical (unpaired) electrons. The topological polar surface area (TPSA) is 61.8 Å². The van der Waals surface area contributed by atoms with E-state index >= 15 is 0 Å². The van der Waals surface area contributed by atoms with E-state index in [-0.39, 0.29) is 6.10 Å². The summed E-state index contributed by atoms with van der Waals surface area (Å²) in [4.78, 5) is 0.313. The van der Waals surface area contributed by atoms with Crippen LogP contribution in [0.1, 0.15) is 12.0 Å². The third-order valence-corrected chi connectivity index (χ3v) is 6.79. The minimum Gasteiger partial charge on any atom is -0.374 e. The fourth-order valence-corrected chi connectivity index (χ4v) is 5.24. The summed E-state index contributed by atoms with van der Waals surface area (Å²) < 4.78 is 41.0. The van der Waals surface area contributed by atoms with Crippen LogP contribution in [-0.2, 0) is 24.0 Å². The molecule has 20 heavy (non-hydrogen) atoms. The second-order valence-corrected chi connectivity index (χ2v) is 7.60. The normalized spacial score (nSPS) is 35.9. The summed E-state index contributed by atoms with van der Waals surface area (Å²) in [5.74, 6) is 0. The highest BCUT2D eigenvalue weighted by Crippen LogP contribution is 2.58. The Morgan fingerprint density at radius 3 is 2.40 bits per heavy atom. The Bertz CT molecular complexity index is 609. The average Bonchev–Trinajstić information content (AvgIpc) is 3.07. The molecule has 6 heteroatoms. The molecule has 0 aromatic heterocycles. The first-order chi connectivity index (χ1) is 9.47. The molecule has 1 aromatic carbocycles. The van der Waals surface area contributed by atoms with Crippen LogP contribution in [-0.4, -0.2) is 45.9 Å². The van der Waals surface area contributed by atoms with Crippen molar-refractivity contribution in [2.75, 3.05) is 14.2 Å². The van der Waals surface area contributed by atoms with Gasteiger partial charge >= 0.3 is 0 Å². The van der Waals surface area contributed by atoms with Crippen LogP contribution in [0.15, 0.2) is 29.2 Å². The zero-order valence-electron chi connectivity index (χ0n) is 11.7. The number of aryl methyl sites for hydroxylation is 1. The average molecular weight is 298 g/mol. The van der Waals surface area contributed by atoms with Crippen molar-refractivity contribution < 1.29 is 22.6 Å². The highest BCUT2D eigenvalue weighted by Gasteiger charge is 2.76. The number of benzene rings is 1. The van der Waals surface area contributed by atoms with Gasteiger partial charge in [0.1, 0.15) is 10.9 Å². The van der Waals surface area contributed by atoms with E-state index in [1.165, 1.54) is 14.2 Å². The second-order valence-electron chi connectivity index (χ2n) is 5.36. The summed E-state index contributed by atoms with van der Waals surface area (Å²) >= 11 is 0. The third-order valence-electron chi connectivity index (χ3n) is 4.23. The molecule has 1 saturated heterocycles. The van der Waals surface area contributed by atoms with Crippen molar-refractivity contribution in [1.82, 2.24) is 0 Å². The lowest BCUT2D eigenvalue weighted by molar-refractivity contribution is -0.160. The molecule has 3 rings (SSSR count). The van der Waals surface area contributed by atoms with E-state index in [4.69, 9.17) is 14.2 Å². The number of sulfone groups is 1. The first kappa shape index (κ1) is 14.0. The van der Waals surface area contributed by atoms with E-state index < -0.39 is 27.0 Å². The lowest BCUT2D eigenvalue weighted by Crippen LogP contribution is -2.43. The quantitative estimate of drug-likeness (QED) is 0.838. The molecule has 5 nitrogen and oxygen atoms in total. The fraction of sp³-hybridized carbons (Fsp3) is 0.571. The Balaban J connectivity index is 2.02. The molecule has 1 heterocycles. The minimum atomic E-state index is -3.52. The van der Waals surface area contributed by atoms with Crippen LogP contribution in [0.4, 0.5) is 0 Å². The molecule has 4 atom stereocenters. The van der Waals surface area contributed by atoms with Crippen molar-refractivity contribution in [3.05, 3.63) is 29.8 Å². The molecular weight excluding hydrogens is 280 g/mol. The summed E-state index contributed by atoms with van der Waals surface area (Å²) in [7, 11) is -0.528. The van der Waals surface area contributed by atoms with Crippen molar-refractivity contribution in [1.29, 1.82) is 0 Å².